The van der Waals surface area contributed by atoms with Crippen molar-refractivity contribution in [1.82, 2.24) is 0 Å². The number of hydrogen-bond acceptors (Lipinski definition) is 2. The number of hydrogen-bond donors (Lipinski definition) is 1. The molecule has 1 N–H and O–H groups in total. The van der Waals surface area contributed by atoms with Crippen LogP contribution < -0.4 is 10.1 Å². The molecule has 3 aromatic rings. The third kappa shape index (κ3) is 3.28. The van der Waals surface area contributed by atoms with Crippen LogP contribution in [0.5, 0.6) is 5.75 Å². The van der Waals surface area contributed by atoms with Crippen LogP contribution in [0.15, 0.2) is 42.5 Å². The minimum Gasteiger partial charge on any atom is -0.481 e. The van der Waals surface area contributed by atoms with Crippen molar-refractivity contribution in [2.45, 2.75) is 39.7 Å². The van der Waals surface area contributed by atoms with Gasteiger partial charge in [0.15, 0.2) is 6.10 Å². The fourth-order valence-electron chi connectivity index (χ4n) is 3.82. The minimum absolute atomic E-state index is 0.168. The molecule has 4 rings (SSSR count). The second-order valence-electron chi connectivity index (χ2n) is 7.23. The standard InChI is InChI=1S/C23H22ClNO2/c1-13-11-18(12-14(2)22(13)24)27-15(3)23(26)25-20-10-9-17-8-7-16-5-4-6-19(20)21(16)17/h4-6,9-12,15H,7-8H2,1-3H3,(H,25,26). The molecule has 0 saturated carbocycles. The number of ether oxygens (including phenoxy) is 1. The molecule has 0 aromatic heterocycles. The van der Waals surface area contributed by atoms with Crippen molar-refractivity contribution in [2.75, 3.05) is 5.32 Å². The number of carbonyl (C=O) groups is 1. The largest absolute Gasteiger partial charge is 0.481 e. The third-order valence-electron chi connectivity index (χ3n) is 5.23. The Labute approximate surface area is 164 Å². The van der Waals surface area contributed by atoms with Crippen LogP contribution in [-0.4, -0.2) is 12.0 Å². The summed E-state index contributed by atoms with van der Waals surface area (Å²) in [6.45, 7) is 5.62. The highest BCUT2D eigenvalue weighted by molar-refractivity contribution is 6.32. The Hall–Kier alpha value is -2.52. The van der Waals surface area contributed by atoms with Crippen molar-refractivity contribution in [3.63, 3.8) is 0 Å². The van der Waals surface area contributed by atoms with Crippen LogP contribution in [-0.2, 0) is 17.6 Å². The number of nitrogens with one attached hydrogen (secondary N) is 1. The van der Waals surface area contributed by atoms with Gasteiger partial charge in [-0.15, -0.1) is 0 Å². The summed E-state index contributed by atoms with van der Waals surface area (Å²) in [7, 11) is 0. The van der Waals surface area contributed by atoms with Crippen molar-refractivity contribution >= 4 is 34.0 Å². The lowest BCUT2D eigenvalue weighted by Crippen LogP contribution is -2.30. The number of halogens is 1. The first-order chi connectivity index (χ1) is 12.9. The van der Waals surface area contributed by atoms with Crippen molar-refractivity contribution in [2.24, 2.45) is 0 Å². The number of anilines is 1. The van der Waals surface area contributed by atoms with E-state index in [0.29, 0.717) is 5.75 Å². The minimum atomic E-state index is -0.618. The predicted molar refractivity (Wildman–Crippen MR) is 111 cm³/mol. The zero-order chi connectivity index (χ0) is 19.1. The van der Waals surface area contributed by atoms with Crippen molar-refractivity contribution in [1.29, 1.82) is 0 Å². The van der Waals surface area contributed by atoms with Gasteiger partial charge in [0.1, 0.15) is 5.75 Å². The van der Waals surface area contributed by atoms with Gasteiger partial charge in [-0.3, -0.25) is 4.79 Å². The van der Waals surface area contributed by atoms with Gasteiger partial charge in [0.05, 0.1) is 0 Å². The Morgan fingerprint density at radius 3 is 2.44 bits per heavy atom. The summed E-state index contributed by atoms with van der Waals surface area (Å²) in [4.78, 5) is 12.7. The Bertz CT molecular complexity index is 1020. The molecule has 1 atom stereocenters. The van der Waals surface area contributed by atoms with Crippen LogP contribution >= 0.6 is 11.6 Å². The summed E-state index contributed by atoms with van der Waals surface area (Å²) in [5.74, 6) is 0.483. The highest BCUT2D eigenvalue weighted by Gasteiger charge is 2.20. The molecule has 138 valence electrons. The lowest BCUT2D eigenvalue weighted by molar-refractivity contribution is -0.122. The Morgan fingerprint density at radius 2 is 1.74 bits per heavy atom. The molecule has 1 aliphatic carbocycles. The second kappa shape index (κ2) is 6.90. The molecule has 1 aliphatic rings. The molecule has 27 heavy (non-hydrogen) atoms. The molecule has 0 radical (unpaired) electrons. The molecule has 0 aliphatic heterocycles. The van der Waals surface area contributed by atoms with E-state index >= 15 is 0 Å². The zero-order valence-electron chi connectivity index (χ0n) is 15.7. The first-order valence-electron chi connectivity index (χ1n) is 9.22. The van der Waals surface area contributed by atoms with Gasteiger partial charge in [-0.25, -0.2) is 0 Å². The lowest BCUT2D eigenvalue weighted by atomic mass is 10.0. The van der Waals surface area contributed by atoms with E-state index < -0.39 is 6.10 Å². The number of carbonyl (C=O) groups excluding carboxylic acids is 1. The molecular weight excluding hydrogens is 358 g/mol. The van der Waals surface area contributed by atoms with Crippen LogP contribution in [0, 0.1) is 13.8 Å². The average Bonchev–Trinajstić information content (AvgIpc) is 3.06. The molecule has 1 amide bonds. The number of amides is 1. The second-order valence-corrected chi connectivity index (χ2v) is 7.61. The topological polar surface area (TPSA) is 38.3 Å². The predicted octanol–water partition coefficient (Wildman–Crippen LogP) is 5.61. The number of aryl methyl sites for hydroxylation is 4. The molecule has 0 heterocycles. The SMILES string of the molecule is Cc1cc(OC(C)C(=O)Nc2ccc3c4c(cccc24)CC3)cc(C)c1Cl. The summed E-state index contributed by atoms with van der Waals surface area (Å²) in [5, 5.41) is 6.15. The molecule has 0 saturated heterocycles. The van der Waals surface area contributed by atoms with Gasteiger partial charge in [-0.05, 0) is 79.5 Å². The monoisotopic (exact) mass is 379 g/mol. The molecular formula is C23H22ClNO2. The van der Waals surface area contributed by atoms with Gasteiger partial charge < -0.3 is 10.1 Å². The van der Waals surface area contributed by atoms with Gasteiger partial charge in [-0.1, -0.05) is 35.9 Å². The average molecular weight is 380 g/mol. The van der Waals surface area contributed by atoms with E-state index in [1.807, 2.05) is 32.0 Å². The van der Waals surface area contributed by atoms with Crippen LogP contribution in [0.25, 0.3) is 10.8 Å². The molecule has 4 heteroatoms. The Morgan fingerprint density at radius 1 is 1.07 bits per heavy atom. The maximum absolute atomic E-state index is 12.7. The maximum atomic E-state index is 12.7. The fourth-order valence-corrected chi connectivity index (χ4v) is 3.93. The Balaban J connectivity index is 1.55. The van der Waals surface area contributed by atoms with Crippen LogP contribution in [0.1, 0.15) is 29.2 Å². The lowest BCUT2D eigenvalue weighted by Gasteiger charge is -2.17. The first kappa shape index (κ1) is 17.9. The van der Waals surface area contributed by atoms with E-state index in [9.17, 15) is 4.79 Å². The zero-order valence-corrected chi connectivity index (χ0v) is 16.5. The van der Waals surface area contributed by atoms with E-state index in [4.69, 9.17) is 16.3 Å². The normalized spacial score (nSPS) is 13.6. The van der Waals surface area contributed by atoms with Crippen LogP contribution in [0.2, 0.25) is 5.02 Å². The summed E-state index contributed by atoms with van der Waals surface area (Å²) >= 11 is 6.21. The maximum Gasteiger partial charge on any atom is 0.265 e. The quantitative estimate of drug-likeness (QED) is 0.639. The number of rotatable bonds is 4. The first-order valence-corrected chi connectivity index (χ1v) is 9.59. The third-order valence-corrected chi connectivity index (χ3v) is 5.82. The van der Waals surface area contributed by atoms with E-state index in [1.54, 1.807) is 6.92 Å². The summed E-state index contributed by atoms with van der Waals surface area (Å²) in [6, 6.07) is 14.1. The van der Waals surface area contributed by atoms with E-state index in [1.165, 1.54) is 16.5 Å². The Kier molecular flexibility index (Phi) is 4.56. The van der Waals surface area contributed by atoms with E-state index in [0.717, 1.165) is 40.1 Å². The molecule has 3 nitrogen and oxygen atoms in total. The summed E-state index contributed by atoms with van der Waals surface area (Å²) < 4.78 is 5.87. The van der Waals surface area contributed by atoms with Crippen LogP contribution in [0.4, 0.5) is 5.69 Å². The highest BCUT2D eigenvalue weighted by atomic mass is 35.5. The van der Waals surface area contributed by atoms with Gasteiger partial charge >= 0.3 is 0 Å². The smallest absolute Gasteiger partial charge is 0.265 e. The van der Waals surface area contributed by atoms with Crippen molar-refractivity contribution in [3.8, 4) is 5.75 Å². The van der Waals surface area contributed by atoms with E-state index in [-0.39, 0.29) is 5.91 Å². The molecule has 1 unspecified atom stereocenters. The molecule has 0 spiro atoms. The summed E-state index contributed by atoms with van der Waals surface area (Å²) in [6.07, 6.45) is 1.52. The molecule has 0 fully saturated rings. The van der Waals surface area contributed by atoms with Gasteiger partial charge in [-0.2, -0.15) is 0 Å². The molecule has 0 bridgehead atoms. The molecule has 3 aromatic carbocycles. The fraction of sp³-hybridized carbons (Fsp3) is 0.261. The van der Waals surface area contributed by atoms with Crippen molar-refractivity contribution in [3.05, 3.63) is 69.7 Å². The summed E-state index contributed by atoms with van der Waals surface area (Å²) in [5.41, 5.74) is 5.42. The van der Waals surface area contributed by atoms with Gasteiger partial charge in [0, 0.05) is 16.1 Å². The van der Waals surface area contributed by atoms with Crippen molar-refractivity contribution < 1.29 is 9.53 Å². The van der Waals surface area contributed by atoms with Gasteiger partial charge in [0.25, 0.3) is 5.91 Å². The highest BCUT2D eigenvalue weighted by Crippen LogP contribution is 2.35. The van der Waals surface area contributed by atoms with E-state index in [2.05, 4.69) is 29.6 Å². The van der Waals surface area contributed by atoms with Gasteiger partial charge in [0.2, 0.25) is 0 Å². The van der Waals surface area contributed by atoms with Crippen LogP contribution in [0.3, 0.4) is 0 Å². The number of benzene rings is 3.